The van der Waals surface area contributed by atoms with Gasteiger partial charge in [0.15, 0.2) is 0 Å². The largest absolute Gasteiger partial charge is 0.388 e. The average Bonchev–Trinajstić information content (AvgIpc) is 2.40. The maximum absolute atomic E-state index is 9.62. The van der Waals surface area contributed by atoms with Crippen molar-refractivity contribution in [2.24, 2.45) is 0 Å². The molecule has 1 nitrogen and oxygen atoms in total. The second-order valence-electron chi connectivity index (χ2n) is 2.64. The van der Waals surface area contributed by atoms with Crippen molar-refractivity contribution in [1.82, 2.24) is 0 Å². The van der Waals surface area contributed by atoms with Gasteiger partial charge in [0, 0.05) is 10.6 Å². The van der Waals surface area contributed by atoms with Gasteiger partial charge in [-0.3, -0.25) is 0 Å². The first-order valence-corrected chi connectivity index (χ1v) is 5.73. The standard InChI is InChI=1S/C8H10OS2/c9-7-5-10-3-2-8-6(7)1-4-11-8/h1,4,7,9H,2-3,5H2. The first-order chi connectivity index (χ1) is 5.38. The van der Waals surface area contributed by atoms with Crippen molar-refractivity contribution in [3.05, 3.63) is 21.9 Å². The molecule has 60 valence electrons. The van der Waals surface area contributed by atoms with Crippen molar-refractivity contribution >= 4 is 23.1 Å². The predicted molar refractivity (Wildman–Crippen MR) is 50.3 cm³/mol. The first-order valence-electron chi connectivity index (χ1n) is 3.70. The predicted octanol–water partition coefficient (Wildman–Crippen LogP) is 2.07. The Morgan fingerprint density at radius 2 is 2.45 bits per heavy atom. The van der Waals surface area contributed by atoms with Gasteiger partial charge in [-0.05, 0) is 29.2 Å². The summed E-state index contributed by atoms with van der Waals surface area (Å²) in [7, 11) is 0. The zero-order valence-corrected chi connectivity index (χ0v) is 7.75. The number of aliphatic hydroxyl groups excluding tert-OH is 1. The minimum atomic E-state index is -0.219. The van der Waals surface area contributed by atoms with Crippen LogP contribution >= 0.6 is 23.1 Å². The van der Waals surface area contributed by atoms with Crippen LogP contribution in [0.3, 0.4) is 0 Å². The van der Waals surface area contributed by atoms with Gasteiger partial charge in [-0.1, -0.05) is 0 Å². The van der Waals surface area contributed by atoms with E-state index in [0.717, 1.165) is 17.9 Å². The Labute approximate surface area is 74.4 Å². The fourth-order valence-corrected chi connectivity index (χ4v) is 3.29. The molecule has 2 rings (SSSR count). The van der Waals surface area contributed by atoms with Crippen LogP contribution in [0, 0.1) is 0 Å². The monoisotopic (exact) mass is 186 g/mol. The van der Waals surface area contributed by atoms with Crippen LogP contribution in [0.4, 0.5) is 0 Å². The van der Waals surface area contributed by atoms with Crippen molar-refractivity contribution < 1.29 is 5.11 Å². The molecular formula is C8H10OS2. The van der Waals surface area contributed by atoms with Crippen molar-refractivity contribution in [2.75, 3.05) is 11.5 Å². The lowest BCUT2D eigenvalue weighted by atomic mass is 10.1. The molecular weight excluding hydrogens is 176 g/mol. The molecule has 2 heterocycles. The molecule has 0 saturated heterocycles. The number of hydrogen-bond acceptors (Lipinski definition) is 3. The molecule has 1 unspecified atom stereocenters. The molecule has 0 aromatic carbocycles. The minimum Gasteiger partial charge on any atom is -0.388 e. The third kappa shape index (κ3) is 1.45. The molecule has 0 saturated carbocycles. The molecule has 11 heavy (non-hydrogen) atoms. The Kier molecular flexibility index (Phi) is 2.20. The van der Waals surface area contributed by atoms with Gasteiger partial charge in [-0.2, -0.15) is 11.8 Å². The molecule has 1 aliphatic heterocycles. The second kappa shape index (κ2) is 3.17. The van der Waals surface area contributed by atoms with Crippen LogP contribution in [-0.4, -0.2) is 16.6 Å². The molecule has 1 aliphatic rings. The molecule has 0 aliphatic carbocycles. The highest BCUT2D eigenvalue weighted by molar-refractivity contribution is 7.99. The number of thioether (sulfide) groups is 1. The summed E-state index contributed by atoms with van der Waals surface area (Å²) < 4.78 is 0. The highest BCUT2D eigenvalue weighted by Gasteiger charge is 2.16. The quantitative estimate of drug-likeness (QED) is 0.669. The Balaban J connectivity index is 2.34. The molecule has 1 aromatic heterocycles. The van der Waals surface area contributed by atoms with Gasteiger partial charge in [0.1, 0.15) is 0 Å². The summed E-state index contributed by atoms with van der Waals surface area (Å²) in [5, 5.41) is 11.7. The van der Waals surface area contributed by atoms with Crippen molar-refractivity contribution in [3.63, 3.8) is 0 Å². The molecule has 0 amide bonds. The summed E-state index contributed by atoms with van der Waals surface area (Å²) in [4.78, 5) is 1.38. The molecule has 1 atom stereocenters. The number of rotatable bonds is 0. The zero-order valence-electron chi connectivity index (χ0n) is 6.12. The van der Waals surface area contributed by atoms with Gasteiger partial charge in [-0.15, -0.1) is 11.3 Å². The van der Waals surface area contributed by atoms with Crippen LogP contribution in [0.1, 0.15) is 16.5 Å². The summed E-state index contributed by atoms with van der Waals surface area (Å²) in [5.41, 5.74) is 1.17. The molecule has 0 fully saturated rings. The number of aryl methyl sites for hydroxylation is 1. The van der Waals surface area contributed by atoms with Gasteiger partial charge in [0.2, 0.25) is 0 Å². The smallest absolute Gasteiger partial charge is 0.0891 e. The van der Waals surface area contributed by atoms with E-state index in [1.165, 1.54) is 10.4 Å². The molecule has 1 aromatic rings. The van der Waals surface area contributed by atoms with E-state index >= 15 is 0 Å². The van der Waals surface area contributed by atoms with E-state index in [1.54, 1.807) is 11.3 Å². The third-order valence-electron chi connectivity index (χ3n) is 1.89. The molecule has 1 N–H and O–H groups in total. The zero-order chi connectivity index (χ0) is 7.68. The van der Waals surface area contributed by atoms with Crippen LogP contribution in [0.5, 0.6) is 0 Å². The summed E-state index contributed by atoms with van der Waals surface area (Å²) in [6.07, 6.45) is 0.915. The minimum absolute atomic E-state index is 0.219. The number of hydrogen-bond donors (Lipinski definition) is 1. The van der Waals surface area contributed by atoms with E-state index in [-0.39, 0.29) is 6.10 Å². The fourth-order valence-electron chi connectivity index (χ4n) is 1.30. The summed E-state index contributed by atoms with van der Waals surface area (Å²) >= 11 is 3.61. The lowest BCUT2D eigenvalue weighted by Gasteiger charge is -2.04. The van der Waals surface area contributed by atoms with Crippen LogP contribution in [0.25, 0.3) is 0 Å². The SMILES string of the molecule is OC1CSCCc2sccc21. The lowest BCUT2D eigenvalue weighted by Crippen LogP contribution is -1.97. The Morgan fingerprint density at radius 1 is 1.55 bits per heavy atom. The van der Waals surface area contributed by atoms with Gasteiger partial charge in [0.25, 0.3) is 0 Å². The Bertz CT molecular complexity index is 244. The molecule has 0 spiro atoms. The summed E-state index contributed by atoms with van der Waals surface area (Å²) in [6, 6.07) is 2.05. The lowest BCUT2D eigenvalue weighted by molar-refractivity contribution is 0.204. The van der Waals surface area contributed by atoms with Crippen LogP contribution in [0.2, 0.25) is 0 Å². The molecule has 0 radical (unpaired) electrons. The number of aliphatic hydroxyl groups is 1. The maximum Gasteiger partial charge on any atom is 0.0891 e. The number of thiophene rings is 1. The van der Waals surface area contributed by atoms with Gasteiger partial charge >= 0.3 is 0 Å². The van der Waals surface area contributed by atoms with Crippen LogP contribution < -0.4 is 0 Å². The van der Waals surface area contributed by atoms with E-state index in [0.29, 0.717) is 0 Å². The topological polar surface area (TPSA) is 20.2 Å². The van der Waals surface area contributed by atoms with Crippen molar-refractivity contribution in [2.45, 2.75) is 12.5 Å². The Hall–Kier alpha value is 0.0100. The maximum atomic E-state index is 9.62. The molecule has 0 bridgehead atoms. The highest BCUT2D eigenvalue weighted by atomic mass is 32.2. The number of fused-ring (bicyclic) bond motifs is 1. The summed E-state index contributed by atoms with van der Waals surface area (Å²) in [6.45, 7) is 0. The fraction of sp³-hybridized carbons (Fsp3) is 0.500. The van der Waals surface area contributed by atoms with Crippen molar-refractivity contribution in [3.8, 4) is 0 Å². The van der Waals surface area contributed by atoms with Crippen LogP contribution in [-0.2, 0) is 6.42 Å². The van der Waals surface area contributed by atoms with Gasteiger partial charge < -0.3 is 5.11 Å². The van der Waals surface area contributed by atoms with E-state index < -0.39 is 0 Å². The van der Waals surface area contributed by atoms with Crippen molar-refractivity contribution in [1.29, 1.82) is 0 Å². The van der Waals surface area contributed by atoms with Gasteiger partial charge in [-0.25, -0.2) is 0 Å². The highest BCUT2D eigenvalue weighted by Crippen LogP contribution is 2.30. The molecule has 3 heteroatoms. The Morgan fingerprint density at radius 3 is 3.36 bits per heavy atom. The van der Waals surface area contributed by atoms with E-state index in [4.69, 9.17) is 0 Å². The first kappa shape index (κ1) is 7.65. The van der Waals surface area contributed by atoms with Gasteiger partial charge in [0.05, 0.1) is 6.10 Å². The second-order valence-corrected chi connectivity index (χ2v) is 4.79. The normalized spacial score (nSPS) is 24.3. The average molecular weight is 186 g/mol. The van der Waals surface area contributed by atoms with E-state index in [9.17, 15) is 5.11 Å². The van der Waals surface area contributed by atoms with E-state index in [2.05, 4.69) is 11.4 Å². The van der Waals surface area contributed by atoms with E-state index in [1.807, 2.05) is 11.8 Å². The van der Waals surface area contributed by atoms with Crippen LogP contribution in [0.15, 0.2) is 11.4 Å². The third-order valence-corrected chi connectivity index (χ3v) is 3.93. The summed E-state index contributed by atoms with van der Waals surface area (Å²) in [5.74, 6) is 2.02.